The molecule has 0 aromatic heterocycles. The number of benzene rings is 1. The van der Waals surface area contributed by atoms with E-state index in [4.69, 9.17) is 0 Å². The van der Waals surface area contributed by atoms with Crippen LogP contribution in [0.4, 0.5) is 5.69 Å². The number of para-hydroxylation sites is 1. The third-order valence-electron chi connectivity index (χ3n) is 4.14. The Morgan fingerprint density at radius 1 is 1.05 bits per heavy atom. The van der Waals surface area contributed by atoms with Crippen molar-refractivity contribution in [1.29, 1.82) is 0 Å². The molecule has 20 heavy (non-hydrogen) atoms. The zero-order chi connectivity index (χ0) is 15.0. The van der Waals surface area contributed by atoms with Crippen LogP contribution in [-0.4, -0.2) is 11.5 Å². The Hall–Kier alpha value is -1.35. The first-order valence-corrected chi connectivity index (χ1v) is 7.20. The van der Waals surface area contributed by atoms with Gasteiger partial charge in [-0.15, -0.1) is 0 Å². The van der Waals surface area contributed by atoms with Crippen LogP contribution < -0.4 is 5.32 Å². The van der Waals surface area contributed by atoms with Crippen LogP contribution in [0, 0.1) is 10.8 Å². The number of anilines is 1. The molecule has 0 atom stereocenters. The Morgan fingerprint density at radius 3 is 2.15 bits per heavy atom. The molecule has 1 aliphatic carbocycles. The molecule has 2 rings (SSSR count). The third-order valence-corrected chi connectivity index (χ3v) is 4.14. The zero-order valence-electron chi connectivity index (χ0n) is 12.9. The van der Waals surface area contributed by atoms with Crippen LogP contribution in [0.5, 0.6) is 0 Å². The van der Waals surface area contributed by atoms with E-state index in [1.54, 1.807) is 0 Å². The van der Waals surface area contributed by atoms with Crippen LogP contribution in [0.2, 0.25) is 0 Å². The summed E-state index contributed by atoms with van der Waals surface area (Å²) in [5, 5.41) is 14.0. The Kier molecular flexibility index (Phi) is 3.67. The van der Waals surface area contributed by atoms with Crippen LogP contribution in [0.25, 0.3) is 0 Å². The first kappa shape index (κ1) is 15.0. The molecule has 0 aliphatic heterocycles. The molecule has 1 saturated carbocycles. The normalized spacial score (nSPS) is 23.1. The van der Waals surface area contributed by atoms with Gasteiger partial charge in [-0.1, -0.05) is 45.9 Å². The van der Waals surface area contributed by atoms with Crippen molar-refractivity contribution in [2.75, 3.05) is 5.32 Å². The maximum Gasteiger partial charge on any atom is 0.211 e. The molecule has 0 spiro atoms. The van der Waals surface area contributed by atoms with Crippen LogP contribution >= 0.6 is 0 Å². The fraction of sp³-hybridized carbons (Fsp3) is 0.588. The molecular weight excluding hydrogens is 250 g/mol. The predicted molar refractivity (Wildman–Crippen MR) is 81.4 cm³/mol. The predicted octanol–water partition coefficient (Wildman–Crippen LogP) is 3.68. The van der Waals surface area contributed by atoms with E-state index in [9.17, 15) is 9.90 Å². The molecule has 2 N–H and O–H groups in total. The van der Waals surface area contributed by atoms with Gasteiger partial charge in [0.15, 0.2) is 0 Å². The Bertz CT molecular complexity index is 489. The van der Waals surface area contributed by atoms with Gasteiger partial charge >= 0.3 is 0 Å². The number of carbonyl (C=O) groups excluding carboxylic acids is 1. The summed E-state index contributed by atoms with van der Waals surface area (Å²) < 4.78 is 0. The summed E-state index contributed by atoms with van der Waals surface area (Å²) in [5.41, 5.74) is 0.791. The SMILES string of the molecule is CC1(C)CC(C)(C)CC(O)(c2ccccc2NC=O)C1. The smallest absolute Gasteiger partial charge is 0.211 e. The van der Waals surface area contributed by atoms with Gasteiger partial charge in [0.2, 0.25) is 6.41 Å². The van der Waals surface area contributed by atoms with Gasteiger partial charge in [0.1, 0.15) is 0 Å². The van der Waals surface area contributed by atoms with Crippen molar-refractivity contribution in [2.45, 2.75) is 52.6 Å². The van der Waals surface area contributed by atoms with E-state index >= 15 is 0 Å². The summed E-state index contributed by atoms with van der Waals surface area (Å²) in [5.74, 6) is 0. The number of nitrogens with one attached hydrogen (secondary N) is 1. The Labute approximate surface area is 121 Å². The summed E-state index contributed by atoms with van der Waals surface area (Å²) >= 11 is 0. The van der Waals surface area contributed by atoms with Crippen LogP contribution in [0.15, 0.2) is 24.3 Å². The molecule has 1 amide bonds. The summed E-state index contributed by atoms with van der Waals surface area (Å²) in [6.45, 7) is 8.81. The lowest BCUT2D eigenvalue weighted by Crippen LogP contribution is -2.44. The molecule has 1 aliphatic rings. The van der Waals surface area contributed by atoms with Crippen molar-refractivity contribution < 1.29 is 9.90 Å². The fourth-order valence-corrected chi connectivity index (χ4v) is 4.34. The quantitative estimate of drug-likeness (QED) is 0.827. The van der Waals surface area contributed by atoms with E-state index < -0.39 is 5.60 Å². The minimum Gasteiger partial charge on any atom is -0.385 e. The van der Waals surface area contributed by atoms with Crippen LogP contribution in [-0.2, 0) is 10.4 Å². The molecule has 0 bridgehead atoms. The van der Waals surface area contributed by atoms with E-state index in [0.29, 0.717) is 24.9 Å². The van der Waals surface area contributed by atoms with Crippen molar-refractivity contribution in [2.24, 2.45) is 10.8 Å². The molecule has 0 radical (unpaired) electrons. The zero-order valence-corrected chi connectivity index (χ0v) is 12.9. The van der Waals surface area contributed by atoms with Gasteiger partial charge in [-0.25, -0.2) is 0 Å². The number of aliphatic hydroxyl groups is 1. The van der Waals surface area contributed by atoms with E-state index in [1.165, 1.54) is 0 Å². The second kappa shape index (κ2) is 4.88. The Balaban J connectivity index is 2.46. The average Bonchev–Trinajstić information content (AvgIpc) is 2.25. The highest BCUT2D eigenvalue weighted by molar-refractivity contribution is 5.74. The van der Waals surface area contributed by atoms with E-state index in [1.807, 2.05) is 24.3 Å². The molecule has 1 aromatic carbocycles. The largest absolute Gasteiger partial charge is 0.385 e. The minimum absolute atomic E-state index is 0.0742. The van der Waals surface area contributed by atoms with Crippen molar-refractivity contribution in [1.82, 2.24) is 0 Å². The first-order chi connectivity index (χ1) is 9.18. The average molecular weight is 275 g/mol. The molecule has 1 fully saturated rings. The molecule has 110 valence electrons. The maximum absolute atomic E-state index is 11.3. The van der Waals surface area contributed by atoms with Gasteiger partial charge in [0.25, 0.3) is 0 Å². The summed E-state index contributed by atoms with van der Waals surface area (Å²) in [4.78, 5) is 10.8. The number of hydrogen-bond acceptors (Lipinski definition) is 2. The Morgan fingerprint density at radius 2 is 1.60 bits per heavy atom. The topological polar surface area (TPSA) is 49.3 Å². The summed E-state index contributed by atoms with van der Waals surface area (Å²) in [7, 11) is 0. The second-order valence-corrected chi connectivity index (χ2v) is 7.70. The van der Waals surface area contributed by atoms with Gasteiger partial charge in [-0.2, -0.15) is 0 Å². The van der Waals surface area contributed by atoms with E-state index in [2.05, 4.69) is 33.0 Å². The fourth-order valence-electron chi connectivity index (χ4n) is 4.34. The molecule has 1 aromatic rings. The van der Waals surface area contributed by atoms with Crippen LogP contribution in [0.1, 0.15) is 52.5 Å². The molecule has 3 nitrogen and oxygen atoms in total. The van der Waals surface area contributed by atoms with Gasteiger partial charge in [0, 0.05) is 11.3 Å². The molecule has 0 saturated heterocycles. The first-order valence-electron chi connectivity index (χ1n) is 7.20. The van der Waals surface area contributed by atoms with Crippen molar-refractivity contribution in [3.63, 3.8) is 0 Å². The highest BCUT2D eigenvalue weighted by atomic mass is 16.3. The minimum atomic E-state index is -0.891. The molecular formula is C17H25NO2. The number of carbonyl (C=O) groups is 1. The highest BCUT2D eigenvalue weighted by Crippen LogP contribution is 2.54. The highest BCUT2D eigenvalue weighted by Gasteiger charge is 2.48. The lowest BCUT2D eigenvalue weighted by atomic mass is 9.58. The van der Waals surface area contributed by atoms with Gasteiger partial charge in [0.05, 0.1) is 5.60 Å². The second-order valence-electron chi connectivity index (χ2n) is 7.70. The van der Waals surface area contributed by atoms with Gasteiger partial charge in [-0.3, -0.25) is 4.79 Å². The lowest BCUT2D eigenvalue weighted by Gasteiger charge is -2.50. The molecule has 0 heterocycles. The van der Waals surface area contributed by atoms with Crippen molar-refractivity contribution in [3.05, 3.63) is 29.8 Å². The molecule has 0 unspecified atom stereocenters. The van der Waals surface area contributed by atoms with Crippen molar-refractivity contribution in [3.8, 4) is 0 Å². The number of rotatable bonds is 3. The van der Waals surface area contributed by atoms with E-state index in [0.717, 1.165) is 12.0 Å². The number of hydrogen-bond donors (Lipinski definition) is 2. The monoisotopic (exact) mass is 275 g/mol. The molecule has 3 heteroatoms. The number of amides is 1. The van der Waals surface area contributed by atoms with Gasteiger partial charge in [-0.05, 0) is 36.2 Å². The maximum atomic E-state index is 11.3. The third kappa shape index (κ3) is 3.04. The van der Waals surface area contributed by atoms with Crippen LogP contribution in [0.3, 0.4) is 0 Å². The van der Waals surface area contributed by atoms with E-state index in [-0.39, 0.29) is 10.8 Å². The standard InChI is InChI=1S/C17H25NO2/c1-15(2)9-16(3,4)11-17(20,10-15)13-7-5-6-8-14(13)18-12-19/h5-8,12,20H,9-11H2,1-4H3,(H,18,19). The summed E-state index contributed by atoms with van der Waals surface area (Å²) in [6, 6.07) is 7.55. The van der Waals surface area contributed by atoms with Gasteiger partial charge < -0.3 is 10.4 Å². The summed E-state index contributed by atoms with van der Waals surface area (Å²) in [6.07, 6.45) is 3.18. The van der Waals surface area contributed by atoms with Crippen molar-refractivity contribution >= 4 is 12.1 Å². The lowest BCUT2D eigenvalue weighted by molar-refractivity contribution is -0.105.